The Kier molecular flexibility index (Phi) is 10.5. The predicted octanol–water partition coefficient (Wildman–Crippen LogP) is -0.420. The van der Waals surface area contributed by atoms with E-state index in [0.29, 0.717) is 26.3 Å². The van der Waals surface area contributed by atoms with E-state index in [-0.39, 0.29) is 18.5 Å². The number of carbonyl (C=O) groups is 2. The van der Waals surface area contributed by atoms with Crippen LogP contribution in [0.5, 0.6) is 0 Å². The topological polar surface area (TPSA) is 112 Å². The molecule has 21 heavy (non-hydrogen) atoms. The number of nitrogens with one attached hydrogen (secondary N) is 1. The third kappa shape index (κ3) is 9.43. The summed E-state index contributed by atoms with van der Waals surface area (Å²) in [4.78, 5) is 23.9. The number of rotatable bonds is 11. The number of carboxylic acids is 1. The molecule has 0 unspecified atom stereocenters. The summed E-state index contributed by atoms with van der Waals surface area (Å²) in [5.74, 6) is -1.61. The molecule has 0 aliphatic heterocycles. The highest BCUT2D eigenvalue weighted by Crippen LogP contribution is 1.99. The molecule has 0 aromatic rings. The Morgan fingerprint density at radius 3 is 2.29 bits per heavy atom. The molecule has 0 aliphatic rings. The summed E-state index contributed by atoms with van der Waals surface area (Å²) in [5.41, 5.74) is -0.0902. The lowest BCUT2D eigenvalue weighted by atomic mass is 10.2. The summed E-state index contributed by atoms with van der Waals surface area (Å²) in [6.07, 6.45) is 1.23. The summed E-state index contributed by atoms with van der Waals surface area (Å²) in [5, 5.41) is 19.9. The van der Waals surface area contributed by atoms with Gasteiger partial charge < -0.3 is 24.8 Å². The highest BCUT2D eigenvalue weighted by Gasteiger charge is 2.11. The molecule has 2 N–H and O–H groups in total. The second-order valence-corrected chi connectivity index (χ2v) is 4.08. The molecule has 0 aromatic carbocycles. The summed E-state index contributed by atoms with van der Waals surface area (Å²) >= 11 is 0. The average Bonchev–Trinajstić information content (AvgIpc) is 2.46. The SMILES string of the molecule is COCCN(/C=C(/C#N)C(=O)NCCC(=O)O)CCOC. The first-order valence-corrected chi connectivity index (χ1v) is 6.39. The average molecular weight is 299 g/mol. The standard InChI is InChI=1S/C13H21N3O5/c1-20-7-5-16(6-8-21-2)10-11(9-14)13(19)15-4-3-12(17)18/h10H,3-8H2,1-2H3,(H,15,19)(H,17,18)/b11-10-. The van der Waals surface area contributed by atoms with Crippen molar-refractivity contribution in [3.63, 3.8) is 0 Å². The van der Waals surface area contributed by atoms with E-state index in [4.69, 9.17) is 19.8 Å². The molecule has 8 heteroatoms. The van der Waals surface area contributed by atoms with Crippen molar-refractivity contribution in [1.82, 2.24) is 10.2 Å². The third-order valence-electron chi connectivity index (χ3n) is 2.47. The molecule has 1 amide bonds. The first-order chi connectivity index (χ1) is 10.0. The number of ether oxygens (including phenoxy) is 2. The highest BCUT2D eigenvalue weighted by molar-refractivity contribution is 5.97. The van der Waals surface area contributed by atoms with Gasteiger partial charge in [-0.25, -0.2) is 0 Å². The summed E-state index contributed by atoms with van der Waals surface area (Å²) in [6.45, 7) is 1.88. The van der Waals surface area contributed by atoms with Crippen molar-refractivity contribution in [2.75, 3.05) is 47.1 Å². The second kappa shape index (κ2) is 11.7. The van der Waals surface area contributed by atoms with Gasteiger partial charge in [0.05, 0.1) is 19.6 Å². The van der Waals surface area contributed by atoms with Gasteiger partial charge in [-0.2, -0.15) is 5.26 Å². The molecule has 0 rings (SSSR count). The van der Waals surface area contributed by atoms with Gasteiger partial charge in [-0.15, -0.1) is 0 Å². The molecule has 0 bridgehead atoms. The van der Waals surface area contributed by atoms with Gasteiger partial charge in [0.2, 0.25) is 0 Å². The monoisotopic (exact) mass is 299 g/mol. The molecule has 0 aliphatic carbocycles. The normalized spacial score (nSPS) is 10.8. The van der Waals surface area contributed by atoms with Gasteiger partial charge in [0.1, 0.15) is 11.6 Å². The Morgan fingerprint density at radius 2 is 1.86 bits per heavy atom. The Bertz CT molecular complexity index is 395. The number of carboxylic acid groups (broad SMARTS) is 1. The van der Waals surface area contributed by atoms with Gasteiger partial charge in [-0.3, -0.25) is 9.59 Å². The van der Waals surface area contributed by atoms with Crippen LogP contribution in [0.2, 0.25) is 0 Å². The van der Waals surface area contributed by atoms with Crippen molar-refractivity contribution in [2.24, 2.45) is 0 Å². The van der Waals surface area contributed by atoms with Crippen molar-refractivity contribution in [3.8, 4) is 6.07 Å². The number of carbonyl (C=O) groups excluding carboxylic acids is 1. The maximum absolute atomic E-state index is 11.8. The van der Waals surface area contributed by atoms with Gasteiger partial charge in [-0.1, -0.05) is 0 Å². The van der Waals surface area contributed by atoms with Crippen molar-refractivity contribution in [1.29, 1.82) is 5.26 Å². The lowest BCUT2D eigenvalue weighted by Gasteiger charge is -2.20. The fraction of sp³-hybridized carbons (Fsp3) is 0.615. The van der Waals surface area contributed by atoms with E-state index < -0.39 is 11.9 Å². The quantitative estimate of drug-likeness (QED) is 0.393. The van der Waals surface area contributed by atoms with E-state index in [0.717, 1.165) is 0 Å². The zero-order valence-electron chi connectivity index (χ0n) is 12.3. The van der Waals surface area contributed by atoms with Gasteiger partial charge in [0.15, 0.2) is 0 Å². The van der Waals surface area contributed by atoms with E-state index in [1.807, 2.05) is 0 Å². The first-order valence-electron chi connectivity index (χ1n) is 6.39. The first kappa shape index (κ1) is 18.9. The highest BCUT2D eigenvalue weighted by atomic mass is 16.5. The minimum Gasteiger partial charge on any atom is -0.481 e. The molecule has 0 saturated heterocycles. The van der Waals surface area contributed by atoms with Crippen molar-refractivity contribution < 1.29 is 24.2 Å². The number of hydrogen-bond donors (Lipinski definition) is 2. The van der Waals surface area contributed by atoms with Crippen LogP contribution in [0.3, 0.4) is 0 Å². The van der Waals surface area contributed by atoms with Crippen LogP contribution < -0.4 is 5.32 Å². The maximum Gasteiger partial charge on any atom is 0.305 e. The lowest BCUT2D eigenvalue weighted by molar-refractivity contribution is -0.136. The van der Waals surface area contributed by atoms with E-state index in [9.17, 15) is 9.59 Å². The number of nitrogens with zero attached hydrogens (tertiary/aromatic N) is 2. The largest absolute Gasteiger partial charge is 0.481 e. The molecule has 0 spiro atoms. The van der Waals surface area contributed by atoms with Crippen LogP contribution in [-0.4, -0.2) is 69.0 Å². The fourth-order valence-electron chi connectivity index (χ4n) is 1.36. The van der Waals surface area contributed by atoms with Gasteiger partial charge in [0.25, 0.3) is 5.91 Å². The maximum atomic E-state index is 11.8. The molecule has 0 radical (unpaired) electrons. The molecule has 0 heterocycles. The van der Waals surface area contributed by atoms with E-state index in [2.05, 4.69) is 5.32 Å². The van der Waals surface area contributed by atoms with Crippen LogP contribution in [0.4, 0.5) is 0 Å². The molecule has 0 saturated carbocycles. The fourth-order valence-corrected chi connectivity index (χ4v) is 1.36. The minimum atomic E-state index is -1.01. The molecular weight excluding hydrogens is 278 g/mol. The van der Waals surface area contributed by atoms with Gasteiger partial charge >= 0.3 is 5.97 Å². The van der Waals surface area contributed by atoms with E-state index in [1.165, 1.54) is 6.20 Å². The van der Waals surface area contributed by atoms with Crippen LogP contribution in [-0.2, 0) is 19.1 Å². The van der Waals surface area contributed by atoms with E-state index >= 15 is 0 Å². The summed E-state index contributed by atoms with van der Waals surface area (Å²) < 4.78 is 9.92. The Hall–Kier alpha value is -2.11. The molecule has 8 nitrogen and oxygen atoms in total. The third-order valence-corrected chi connectivity index (χ3v) is 2.47. The van der Waals surface area contributed by atoms with Gasteiger partial charge in [0, 0.05) is 40.1 Å². The number of hydrogen-bond acceptors (Lipinski definition) is 6. The number of amides is 1. The van der Waals surface area contributed by atoms with E-state index in [1.54, 1.807) is 25.2 Å². The Balaban J connectivity index is 4.63. The number of methoxy groups -OCH3 is 2. The van der Waals surface area contributed by atoms with Crippen LogP contribution in [0.25, 0.3) is 0 Å². The van der Waals surface area contributed by atoms with Crippen molar-refractivity contribution in [2.45, 2.75) is 6.42 Å². The lowest BCUT2D eigenvalue weighted by Crippen LogP contribution is -2.30. The van der Waals surface area contributed by atoms with Gasteiger partial charge in [-0.05, 0) is 0 Å². The van der Waals surface area contributed by atoms with Crippen LogP contribution in [0.15, 0.2) is 11.8 Å². The summed E-state index contributed by atoms with van der Waals surface area (Å²) in [7, 11) is 3.12. The zero-order chi connectivity index (χ0) is 16.1. The number of nitriles is 1. The second-order valence-electron chi connectivity index (χ2n) is 4.08. The Labute approximate surface area is 123 Å². The smallest absolute Gasteiger partial charge is 0.305 e. The molecule has 0 fully saturated rings. The van der Waals surface area contributed by atoms with Crippen molar-refractivity contribution >= 4 is 11.9 Å². The van der Waals surface area contributed by atoms with Crippen LogP contribution >= 0.6 is 0 Å². The summed E-state index contributed by atoms with van der Waals surface area (Å²) in [6, 6.07) is 1.80. The molecule has 118 valence electrons. The molecule has 0 aromatic heterocycles. The minimum absolute atomic E-state index is 0.0245. The van der Waals surface area contributed by atoms with Crippen LogP contribution in [0, 0.1) is 11.3 Å². The zero-order valence-corrected chi connectivity index (χ0v) is 12.3. The molecular formula is C13H21N3O5. The van der Waals surface area contributed by atoms with Crippen molar-refractivity contribution in [3.05, 3.63) is 11.8 Å². The predicted molar refractivity (Wildman–Crippen MR) is 74.3 cm³/mol. The van der Waals surface area contributed by atoms with Crippen LogP contribution in [0.1, 0.15) is 6.42 Å². The Morgan fingerprint density at radius 1 is 1.29 bits per heavy atom. The molecule has 0 atom stereocenters. The number of aliphatic carboxylic acids is 1.